The number of phenolic OH excluding ortho intramolecular Hbond substituents is 1. The fraction of sp³-hybridized carbons (Fsp3) is 0.333. The van der Waals surface area contributed by atoms with Gasteiger partial charge in [0.25, 0.3) is 0 Å². The highest BCUT2D eigenvalue weighted by Gasteiger charge is 2.47. The first kappa shape index (κ1) is 14.0. The maximum Gasteiger partial charge on any atom is 0.126 e. The van der Waals surface area contributed by atoms with E-state index in [1.165, 1.54) is 0 Å². The quantitative estimate of drug-likeness (QED) is 0.851. The molecule has 3 rings (SSSR count). The third-order valence-corrected chi connectivity index (χ3v) is 3.86. The summed E-state index contributed by atoms with van der Waals surface area (Å²) < 4.78 is 11.5. The lowest BCUT2D eigenvalue weighted by atomic mass is 10.0. The number of benzene rings is 2. The Kier molecular flexibility index (Phi) is 3.60. The van der Waals surface area contributed by atoms with Crippen LogP contribution in [0.5, 0.6) is 11.5 Å². The molecule has 1 heterocycles. The second-order valence-electron chi connectivity index (χ2n) is 5.98. The molecule has 2 aromatic rings. The summed E-state index contributed by atoms with van der Waals surface area (Å²) in [7, 11) is 0. The Labute approximate surface area is 125 Å². The number of hydrogen-bond acceptors (Lipinski definition) is 3. The lowest BCUT2D eigenvalue weighted by Gasteiger charge is -2.12. The Bertz CT molecular complexity index is 620. The van der Waals surface area contributed by atoms with Crippen LogP contribution < -0.4 is 4.74 Å². The molecule has 1 fully saturated rings. The monoisotopic (exact) mass is 284 g/mol. The van der Waals surface area contributed by atoms with Crippen molar-refractivity contribution in [2.24, 2.45) is 0 Å². The Hall–Kier alpha value is -2.00. The van der Waals surface area contributed by atoms with Gasteiger partial charge in [-0.1, -0.05) is 36.4 Å². The van der Waals surface area contributed by atoms with E-state index in [1.54, 1.807) is 12.1 Å². The van der Waals surface area contributed by atoms with Gasteiger partial charge in [0.2, 0.25) is 0 Å². The van der Waals surface area contributed by atoms with Gasteiger partial charge in [0.05, 0.1) is 11.7 Å². The number of epoxide rings is 1. The maximum atomic E-state index is 9.68. The van der Waals surface area contributed by atoms with Crippen LogP contribution in [0.4, 0.5) is 0 Å². The van der Waals surface area contributed by atoms with Crippen LogP contribution in [-0.4, -0.2) is 16.8 Å². The average molecular weight is 284 g/mol. The largest absolute Gasteiger partial charge is 0.508 e. The Morgan fingerprint density at radius 2 is 1.86 bits per heavy atom. The van der Waals surface area contributed by atoms with Crippen LogP contribution >= 0.6 is 0 Å². The summed E-state index contributed by atoms with van der Waals surface area (Å²) in [5.74, 6) is 0.947. The molecular weight excluding hydrogens is 264 g/mol. The summed E-state index contributed by atoms with van der Waals surface area (Å²) in [6, 6.07) is 15.3. The zero-order valence-corrected chi connectivity index (χ0v) is 12.4. The van der Waals surface area contributed by atoms with Gasteiger partial charge >= 0.3 is 0 Å². The molecule has 0 unspecified atom stereocenters. The molecule has 0 spiro atoms. The van der Waals surface area contributed by atoms with Crippen LogP contribution in [0.25, 0.3) is 0 Å². The van der Waals surface area contributed by atoms with Gasteiger partial charge in [-0.3, -0.25) is 0 Å². The van der Waals surface area contributed by atoms with Crippen LogP contribution in [0.3, 0.4) is 0 Å². The normalized spacial score (nSPS) is 19.2. The van der Waals surface area contributed by atoms with E-state index in [0.717, 1.165) is 23.3 Å². The molecule has 110 valence electrons. The zero-order chi connectivity index (χ0) is 14.9. The summed E-state index contributed by atoms with van der Waals surface area (Å²) in [6.07, 6.45) is 1.03. The Morgan fingerprint density at radius 3 is 2.52 bits per heavy atom. The molecule has 0 aliphatic carbocycles. The lowest BCUT2D eigenvalue weighted by Crippen LogP contribution is -2.07. The van der Waals surface area contributed by atoms with Crippen molar-refractivity contribution in [3.63, 3.8) is 0 Å². The van der Waals surface area contributed by atoms with E-state index in [-0.39, 0.29) is 17.5 Å². The minimum absolute atomic E-state index is 0.0470. The fourth-order valence-electron chi connectivity index (χ4n) is 2.40. The molecule has 0 amide bonds. The van der Waals surface area contributed by atoms with E-state index in [0.29, 0.717) is 6.61 Å². The van der Waals surface area contributed by atoms with Crippen molar-refractivity contribution in [3.05, 3.63) is 59.7 Å². The van der Waals surface area contributed by atoms with Crippen molar-refractivity contribution in [2.45, 2.75) is 38.6 Å². The van der Waals surface area contributed by atoms with Gasteiger partial charge in [-0.25, -0.2) is 0 Å². The van der Waals surface area contributed by atoms with Crippen molar-refractivity contribution in [1.82, 2.24) is 0 Å². The fourth-order valence-corrected chi connectivity index (χ4v) is 2.40. The molecule has 1 atom stereocenters. The van der Waals surface area contributed by atoms with Crippen molar-refractivity contribution in [2.75, 3.05) is 0 Å². The van der Waals surface area contributed by atoms with Gasteiger partial charge in [0, 0.05) is 12.5 Å². The van der Waals surface area contributed by atoms with E-state index < -0.39 is 0 Å². The van der Waals surface area contributed by atoms with E-state index in [2.05, 4.69) is 13.8 Å². The maximum absolute atomic E-state index is 9.68. The van der Waals surface area contributed by atoms with Crippen molar-refractivity contribution in [1.29, 1.82) is 0 Å². The van der Waals surface area contributed by atoms with Crippen molar-refractivity contribution >= 4 is 0 Å². The molecule has 2 aromatic carbocycles. The molecule has 21 heavy (non-hydrogen) atoms. The van der Waals surface area contributed by atoms with Crippen LogP contribution in [0.2, 0.25) is 0 Å². The molecule has 1 N–H and O–H groups in total. The lowest BCUT2D eigenvalue weighted by molar-refractivity contribution is 0.297. The summed E-state index contributed by atoms with van der Waals surface area (Å²) in [4.78, 5) is 0. The standard InChI is InChI=1S/C18H20O3/c1-18(2)17(21-18)10-14-8-9-15(19)11-16(14)20-12-13-6-4-3-5-7-13/h3-9,11,17,19H,10,12H2,1-2H3/t17-/m1/s1. The molecule has 1 saturated heterocycles. The van der Waals surface area contributed by atoms with Crippen LogP contribution in [0, 0.1) is 0 Å². The zero-order valence-electron chi connectivity index (χ0n) is 12.4. The second-order valence-corrected chi connectivity index (χ2v) is 5.98. The summed E-state index contributed by atoms with van der Waals surface area (Å²) in [6.45, 7) is 4.66. The molecule has 0 radical (unpaired) electrons. The third kappa shape index (κ3) is 3.37. The molecule has 1 aliphatic rings. The number of hydrogen-bond donors (Lipinski definition) is 1. The summed E-state index contributed by atoms with van der Waals surface area (Å²) >= 11 is 0. The van der Waals surface area contributed by atoms with Crippen LogP contribution in [0.15, 0.2) is 48.5 Å². The van der Waals surface area contributed by atoms with E-state index in [1.807, 2.05) is 36.4 Å². The predicted octanol–water partition coefficient (Wildman–Crippen LogP) is 3.69. The van der Waals surface area contributed by atoms with Gasteiger partial charge in [0.15, 0.2) is 0 Å². The molecule has 0 bridgehead atoms. The molecule has 1 aliphatic heterocycles. The highest BCUT2D eigenvalue weighted by Crippen LogP contribution is 2.39. The molecule has 3 nitrogen and oxygen atoms in total. The van der Waals surface area contributed by atoms with Gasteiger partial charge in [0.1, 0.15) is 18.1 Å². The van der Waals surface area contributed by atoms with Crippen molar-refractivity contribution in [3.8, 4) is 11.5 Å². The van der Waals surface area contributed by atoms with Gasteiger partial charge in [-0.15, -0.1) is 0 Å². The summed E-state index contributed by atoms with van der Waals surface area (Å²) in [5.41, 5.74) is 2.13. The summed E-state index contributed by atoms with van der Waals surface area (Å²) in [5, 5.41) is 9.68. The van der Waals surface area contributed by atoms with Gasteiger partial charge in [-0.2, -0.15) is 0 Å². The van der Waals surface area contributed by atoms with E-state index >= 15 is 0 Å². The molecule has 0 saturated carbocycles. The SMILES string of the molecule is CC1(C)O[C@@H]1Cc1ccc(O)cc1OCc1ccccc1. The molecule has 0 aromatic heterocycles. The van der Waals surface area contributed by atoms with E-state index in [4.69, 9.17) is 9.47 Å². The minimum atomic E-state index is -0.0470. The first-order valence-corrected chi connectivity index (χ1v) is 7.21. The number of phenols is 1. The highest BCUT2D eigenvalue weighted by atomic mass is 16.6. The average Bonchev–Trinajstić information content (AvgIpc) is 3.07. The number of aromatic hydroxyl groups is 1. The Balaban J connectivity index is 1.72. The topological polar surface area (TPSA) is 42.0 Å². The van der Waals surface area contributed by atoms with Gasteiger partial charge < -0.3 is 14.6 Å². The Morgan fingerprint density at radius 1 is 1.14 bits per heavy atom. The van der Waals surface area contributed by atoms with Crippen LogP contribution in [-0.2, 0) is 17.8 Å². The van der Waals surface area contributed by atoms with Gasteiger partial charge in [-0.05, 0) is 31.0 Å². The number of ether oxygens (including phenoxy) is 2. The first-order valence-electron chi connectivity index (χ1n) is 7.21. The van der Waals surface area contributed by atoms with Crippen molar-refractivity contribution < 1.29 is 14.6 Å². The molecular formula is C18H20O3. The molecule has 3 heteroatoms. The highest BCUT2D eigenvalue weighted by molar-refractivity contribution is 5.41. The van der Waals surface area contributed by atoms with E-state index in [9.17, 15) is 5.11 Å². The third-order valence-electron chi connectivity index (χ3n) is 3.86. The minimum Gasteiger partial charge on any atom is -0.508 e. The first-order chi connectivity index (χ1) is 10.0. The predicted molar refractivity (Wildman–Crippen MR) is 81.5 cm³/mol. The second kappa shape index (κ2) is 5.41. The van der Waals surface area contributed by atoms with Crippen LogP contribution in [0.1, 0.15) is 25.0 Å². The smallest absolute Gasteiger partial charge is 0.126 e. The number of rotatable bonds is 5.